The van der Waals surface area contributed by atoms with Crippen molar-refractivity contribution in [1.29, 1.82) is 0 Å². The van der Waals surface area contributed by atoms with Gasteiger partial charge >= 0.3 is 0 Å². The molecule has 2 aromatic rings. The predicted molar refractivity (Wildman–Crippen MR) is 138 cm³/mol. The third kappa shape index (κ3) is 4.23. The van der Waals surface area contributed by atoms with Crippen molar-refractivity contribution in [3.8, 4) is 0 Å². The Morgan fingerprint density at radius 1 is 1.22 bits per heavy atom. The van der Waals surface area contributed by atoms with E-state index in [1.165, 1.54) is 28.6 Å². The molecule has 1 amide bonds. The van der Waals surface area contributed by atoms with Crippen LogP contribution >= 0.6 is 11.8 Å². The van der Waals surface area contributed by atoms with Gasteiger partial charge in [0.25, 0.3) is 5.91 Å². The lowest BCUT2D eigenvalue weighted by molar-refractivity contribution is -0.122. The molecule has 5 heteroatoms. The van der Waals surface area contributed by atoms with E-state index < -0.39 is 0 Å². The summed E-state index contributed by atoms with van der Waals surface area (Å²) < 4.78 is 0. The number of hydrogen-bond donors (Lipinski definition) is 0. The number of carbonyl (C=O) groups excluding carboxylic acids is 1. The van der Waals surface area contributed by atoms with Crippen molar-refractivity contribution >= 4 is 40.3 Å². The largest absolute Gasteiger partial charge is 0.369 e. The number of hydrogen-bond acceptors (Lipinski definition) is 4. The maximum absolute atomic E-state index is 13.2. The zero-order valence-electron chi connectivity index (χ0n) is 20.0. The first-order valence-electron chi connectivity index (χ1n) is 11.4. The van der Waals surface area contributed by atoms with Crippen molar-refractivity contribution in [1.82, 2.24) is 4.90 Å². The molecule has 2 aliphatic heterocycles. The zero-order valence-corrected chi connectivity index (χ0v) is 20.8. The molecule has 0 aromatic heterocycles. The van der Waals surface area contributed by atoms with Crippen molar-refractivity contribution in [2.75, 3.05) is 18.5 Å². The maximum Gasteiger partial charge on any atom is 0.266 e. The van der Waals surface area contributed by atoms with Gasteiger partial charge in [-0.3, -0.25) is 9.69 Å². The molecule has 0 N–H and O–H groups in total. The Morgan fingerprint density at radius 3 is 2.62 bits per heavy atom. The predicted octanol–water partition coefficient (Wildman–Crippen LogP) is 6.73. The second-order valence-corrected chi connectivity index (χ2v) is 10.6. The molecular weight excluding hydrogens is 414 g/mol. The van der Waals surface area contributed by atoms with Crippen LogP contribution < -0.4 is 4.90 Å². The van der Waals surface area contributed by atoms with Gasteiger partial charge in [-0.25, -0.2) is 4.99 Å². The molecule has 0 radical (unpaired) electrons. The van der Waals surface area contributed by atoms with Gasteiger partial charge in [0.05, 0.1) is 10.6 Å². The zero-order chi connectivity index (χ0) is 23.0. The summed E-state index contributed by atoms with van der Waals surface area (Å²) in [7, 11) is 2.19. The fraction of sp³-hybridized carbons (Fsp3) is 0.407. The molecule has 2 aromatic carbocycles. The van der Waals surface area contributed by atoms with Crippen LogP contribution in [0.25, 0.3) is 6.08 Å². The minimum absolute atomic E-state index is 0.0509. The minimum Gasteiger partial charge on any atom is -0.369 e. The second kappa shape index (κ2) is 8.78. The normalized spacial score (nSPS) is 22.7. The Kier molecular flexibility index (Phi) is 6.22. The number of fused-ring (bicyclic) bond motifs is 1. The number of aryl methyl sites for hydroxylation is 1. The fourth-order valence-corrected chi connectivity index (χ4v) is 5.67. The van der Waals surface area contributed by atoms with Gasteiger partial charge in [-0.15, -0.1) is 0 Å². The van der Waals surface area contributed by atoms with Crippen molar-refractivity contribution in [3.05, 3.63) is 64.1 Å². The highest BCUT2D eigenvalue weighted by Crippen LogP contribution is 2.44. The molecule has 0 spiro atoms. The van der Waals surface area contributed by atoms with E-state index in [4.69, 9.17) is 4.99 Å². The fourth-order valence-electron chi connectivity index (χ4n) is 4.66. The number of aliphatic imine (C=N–C) groups is 1. The van der Waals surface area contributed by atoms with Gasteiger partial charge in [0.1, 0.15) is 0 Å². The molecular formula is C27H33N3OS. The van der Waals surface area contributed by atoms with Crippen molar-refractivity contribution < 1.29 is 4.79 Å². The summed E-state index contributed by atoms with van der Waals surface area (Å²) in [6, 6.07) is 14.4. The van der Waals surface area contributed by atoms with Gasteiger partial charge < -0.3 is 4.90 Å². The summed E-state index contributed by atoms with van der Waals surface area (Å²) in [6.07, 6.45) is 4.07. The SMILES string of the molecule is CCCN1C(=O)/C(=C/c2cc3c(cc2C)N(C)C(C)(C)CC3C)SC1=Nc1ccccc1. The number of carbonyl (C=O) groups is 1. The van der Waals surface area contributed by atoms with Crippen LogP contribution in [0, 0.1) is 6.92 Å². The summed E-state index contributed by atoms with van der Waals surface area (Å²) in [5, 5.41) is 0.764. The van der Waals surface area contributed by atoms with E-state index in [2.05, 4.69) is 64.8 Å². The highest BCUT2D eigenvalue weighted by Gasteiger charge is 2.35. The lowest BCUT2D eigenvalue weighted by Gasteiger charge is -2.45. The molecule has 2 heterocycles. The molecule has 1 saturated heterocycles. The number of nitrogens with zero attached hydrogens (tertiary/aromatic N) is 3. The number of amides is 1. The van der Waals surface area contributed by atoms with Crippen LogP contribution in [-0.4, -0.2) is 35.1 Å². The van der Waals surface area contributed by atoms with Gasteiger partial charge in [0.15, 0.2) is 5.17 Å². The van der Waals surface area contributed by atoms with E-state index in [9.17, 15) is 4.79 Å². The number of amidine groups is 1. The monoisotopic (exact) mass is 447 g/mol. The van der Waals surface area contributed by atoms with Gasteiger partial charge in [0.2, 0.25) is 0 Å². The second-order valence-electron chi connectivity index (χ2n) is 9.54. The maximum atomic E-state index is 13.2. The number of benzene rings is 2. The summed E-state index contributed by atoms with van der Waals surface area (Å²) in [5.41, 5.74) is 5.99. The molecule has 0 bridgehead atoms. The summed E-state index contributed by atoms with van der Waals surface area (Å²) in [6.45, 7) is 11.8. The standard InChI is InChI=1S/C27H33N3OS/c1-7-13-30-25(31)24(32-26(30)28-21-11-9-8-10-12-21)16-20-15-22-19(3)17-27(4,5)29(6)23(22)14-18(20)2/h8-12,14-16,19H,7,13,17H2,1-6H3/b24-16-,28-26?. The van der Waals surface area contributed by atoms with E-state index in [0.717, 1.165) is 34.2 Å². The molecule has 32 heavy (non-hydrogen) atoms. The first-order valence-corrected chi connectivity index (χ1v) is 12.3. The van der Waals surface area contributed by atoms with Crippen LogP contribution in [-0.2, 0) is 4.79 Å². The van der Waals surface area contributed by atoms with Crippen LogP contribution in [0.4, 0.5) is 11.4 Å². The quantitative estimate of drug-likeness (QED) is 0.487. The van der Waals surface area contributed by atoms with Crippen LogP contribution in [0.3, 0.4) is 0 Å². The number of rotatable bonds is 4. The number of thioether (sulfide) groups is 1. The molecule has 4 nitrogen and oxygen atoms in total. The molecule has 1 fully saturated rings. The van der Waals surface area contributed by atoms with Crippen LogP contribution in [0.2, 0.25) is 0 Å². The van der Waals surface area contributed by atoms with Gasteiger partial charge in [0, 0.05) is 24.8 Å². The first-order chi connectivity index (χ1) is 15.2. The average molecular weight is 448 g/mol. The van der Waals surface area contributed by atoms with E-state index >= 15 is 0 Å². The smallest absolute Gasteiger partial charge is 0.266 e. The van der Waals surface area contributed by atoms with Gasteiger partial charge in [-0.1, -0.05) is 32.0 Å². The Labute approximate surface area is 196 Å². The van der Waals surface area contributed by atoms with E-state index in [-0.39, 0.29) is 11.4 Å². The van der Waals surface area contributed by atoms with Crippen molar-refractivity contribution in [2.45, 2.75) is 58.9 Å². The minimum atomic E-state index is 0.0509. The summed E-state index contributed by atoms with van der Waals surface area (Å²) >= 11 is 1.48. The van der Waals surface area contributed by atoms with Gasteiger partial charge in [-0.2, -0.15) is 0 Å². The Morgan fingerprint density at radius 2 is 1.94 bits per heavy atom. The van der Waals surface area contributed by atoms with E-state index in [0.29, 0.717) is 12.5 Å². The summed E-state index contributed by atoms with van der Waals surface area (Å²) in [5.74, 6) is 0.530. The molecule has 0 saturated carbocycles. The molecule has 1 unspecified atom stereocenters. The Balaban J connectivity index is 1.72. The topological polar surface area (TPSA) is 35.9 Å². The molecule has 2 aliphatic rings. The third-order valence-corrected chi connectivity index (χ3v) is 7.63. The lowest BCUT2D eigenvalue weighted by Crippen LogP contribution is -2.45. The molecule has 1 atom stereocenters. The van der Waals surface area contributed by atoms with Gasteiger partial charge in [-0.05, 0) is 98.3 Å². The lowest BCUT2D eigenvalue weighted by atomic mass is 9.79. The first kappa shape index (κ1) is 22.7. The average Bonchev–Trinajstić information content (AvgIpc) is 3.03. The van der Waals surface area contributed by atoms with Crippen LogP contribution in [0.5, 0.6) is 0 Å². The summed E-state index contributed by atoms with van der Waals surface area (Å²) in [4.78, 5) is 23.0. The number of para-hydroxylation sites is 1. The molecule has 4 rings (SSSR count). The number of anilines is 1. The highest BCUT2D eigenvalue weighted by atomic mass is 32.2. The van der Waals surface area contributed by atoms with Crippen molar-refractivity contribution in [3.63, 3.8) is 0 Å². The van der Waals surface area contributed by atoms with Crippen LogP contribution in [0.1, 0.15) is 63.1 Å². The van der Waals surface area contributed by atoms with E-state index in [1.807, 2.05) is 35.2 Å². The van der Waals surface area contributed by atoms with E-state index in [1.54, 1.807) is 0 Å². The molecule has 0 aliphatic carbocycles. The molecule has 168 valence electrons. The Bertz CT molecular complexity index is 1090. The van der Waals surface area contributed by atoms with Crippen molar-refractivity contribution in [2.24, 2.45) is 4.99 Å². The van der Waals surface area contributed by atoms with Crippen LogP contribution in [0.15, 0.2) is 52.4 Å². The Hall–Kier alpha value is -2.53. The third-order valence-electron chi connectivity index (χ3n) is 6.62. The highest BCUT2D eigenvalue weighted by molar-refractivity contribution is 8.18.